The van der Waals surface area contributed by atoms with Crippen molar-refractivity contribution in [2.45, 2.75) is 25.6 Å². The monoisotopic (exact) mass is 164 g/mol. The van der Waals surface area contributed by atoms with E-state index in [9.17, 15) is 20.2 Å². The Hall–Kier alpha value is -1.24. The minimum atomic E-state index is -2.50. The fourth-order valence-electron chi connectivity index (χ4n) is 0.372. The lowest BCUT2D eigenvalue weighted by Gasteiger charge is -2.14. The average Bonchev–Trinajstić information content (AvgIpc) is 1.84. The molecule has 0 amide bonds. The van der Waals surface area contributed by atoms with Gasteiger partial charge in [0.25, 0.3) is 0 Å². The summed E-state index contributed by atoms with van der Waals surface area (Å²) in [6.45, 7) is 1.77. The summed E-state index contributed by atoms with van der Waals surface area (Å²) in [5.74, 6) is 0. The number of aliphatic hydroxyl groups is 1. The SMILES string of the molecule is CC(O)C(C)([N+](=O)[O-])[N+](=O)[O-]. The van der Waals surface area contributed by atoms with E-state index in [2.05, 4.69) is 0 Å². The van der Waals surface area contributed by atoms with E-state index < -0.39 is 21.6 Å². The lowest BCUT2D eigenvalue weighted by atomic mass is 10.1. The van der Waals surface area contributed by atoms with Crippen molar-refractivity contribution in [2.75, 3.05) is 0 Å². The minimum absolute atomic E-state index is 0.762. The van der Waals surface area contributed by atoms with Crippen LogP contribution in [0.5, 0.6) is 0 Å². The second-order valence-electron chi connectivity index (χ2n) is 2.28. The number of nitro groups is 2. The number of nitrogens with zero attached hydrogens (tertiary/aromatic N) is 2. The topological polar surface area (TPSA) is 107 Å². The van der Waals surface area contributed by atoms with Crippen LogP contribution in [0.25, 0.3) is 0 Å². The smallest absolute Gasteiger partial charge is 0.379 e. The van der Waals surface area contributed by atoms with Crippen LogP contribution in [0.3, 0.4) is 0 Å². The molecule has 0 aliphatic carbocycles. The molecule has 7 heteroatoms. The molecule has 0 heterocycles. The molecule has 0 bridgehead atoms. The van der Waals surface area contributed by atoms with Crippen LogP contribution in [0.15, 0.2) is 0 Å². The Kier molecular flexibility index (Phi) is 2.47. The highest BCUT2D eigenvalue weighted by Gasteiger charge is 2.55. The maximum absolute atomic E-state index is 10.1. The molecule has 1 atom stereocenters. The van der Waals surface area contributed by atoms with Crippen LogP contribution in [0.4, 0.5) is 0 Å². The van der Waals surface area contributed by atoms with Gasteiger partial charge in [-0.15, -0.1) is 0 Å². The van der Waals surface area contributed by atoms with Gasteiger partial charge in [0.1, 0.15) is 9.85 Å². The highest BCUT2D eigenvalue weighted by molar-refractivity contribution is 4.66. The molecule has 0 aliphatic heterocycles. The van der Waals surface area contributed by atoms with Crippen molar-refractivity contribution in [1.82, 2.24) is 0 Å². The number of aliphatic hydroxyl groups excluding tert-OH is 1. The van der Waals surface area contributed by atoms with Crippen LogP contribution in [-0.4, -0.2) is 26.7 Å². The number of hydrogen-bond acceptors (Lipinski definition) is 5. The predicted octanol–water partition coefficient (Wildman–Crippen LogP) is -0.363. The van der Waals surface area contributed by atoms with Crippen LogP contribution in [0.2, 0.25) is 0 Å². The Labute approximate surface area is 61.9 Å². The van der Waals surface area contributed by atoms with Gasteiger partial charge in [-0.1, -0.05) is 0 Å². The Morgan fingerprint density at radius 2 is 1.64 bits per heavy atom. The van der Waals surface area contributed by atoms with E-state index in [1.807, 2.05) is 0 Å². The molecule has 1 N–H and O–H groups in total. The van der Waals surface area contributed by atoms with E-state index >= 15 is 0 Å². The van der Waals surface area contributed by atoms with Gasteiger partial charge in [-0.3, -0.25) is 20.2 Å². The molecular weight excluding hydrogens is 156 g/mol. The van der Waals surface area contributed by atoms with E-state index in [-0.39, 0.29) is 0 Å². The molecule has 0 saturated heterocycles. The van der Waals surface area contributed by atoms with Gasteiger partial charge in [0.2, 0.25) is 0 Å². The lowest BCUT2D eigenvalue weighted by Crippen LogP contribution is -2.51. The van der Waals surface area contributed by atoms with Crippen molar-refractivity contribution < 1.29 is 15.0 Å². The Morgan fingerprint density at radius 3 is 1.64 bits per heavy atom. The standard InChI is InChI=1S/C4H8N2O5/c1-3(7)4(2,5(8)9)6(10)11/h3,7H,1-2H3. The van der Waals surface area contributed by atoms with E-state index in [1.54, 1.807) is 0 Å². The third-order valence-corrected chi connectivity index (χ3v) is 1.53. The first-order chi connectivity index (χ1) is 4.83. The van der Waals surface area contributed by atoms with Crippen molar-refractivity contribution in [3.05, 3.63) is 20.2 Å². The average molecular weight is 164 g/mol. The molecule has 0 rings (SSSR count). The first-order valence-corrected chi connectivity index (χ1v) is 2.80. The quantitative estimate of drug-likeness (QED) is 0.348. The fourth-order valence-corrected chi connectivity index (χ4v) is 0.372. The highest BCUT2D eigenvalue weighted by atomic mass is 16.7. The molecule has 0 aromatic carbocycles. The van der Waals surface area contributed by atoms with Crippen molar-refractivity contribution in [3.63, 3.8) is 0 Å². The van der Waals surface area contributed by atoms with Crippen molar-refractivity contribution >= 4 is 0 Å². The van der Waals surface area contributed by atoms with Gasteiger partial charge in [0.15, 0.2) is 6.10 Å². The maximum Gasteiger partial charge on any atom is 0.480 e. The minimum Gasteiger partial charge on any atom is -0.379 e. The summed E-state index contributed by atoms with van der Waals surface area (Å²) in [5.41, 5.74) is -2.50. The van der Waals surface area contributed by atoms with Crippen molar-refractivity contribution in [3.8, 4) is 0 Å². The first-order valence-electron chi connectivity index (χ1n) is 2.80. The molecule has 0 aromatic heterocycles. The molecule has 11 heavy (non-hydrogen) atoms. The molecule has 0 aromatic rings. The van der Waals surface area contributed by atoms with Crippen LogP contribution in [0, 0.1) is 20.2 Å². The molecule has 0 aliphatic rings. The zero-order valence-corrected chi connectivity index (χ0v) is 6.05. The molecule has 0 spiro atoms. The summed E-state index contributed by atoms with van der Waals surface area (Å²) in [6, 6.07) is 0. The second-order valence-corrected chi connectivity index (χ2v) is 2.28. The van der Waals surface area contributed by atoms with E-state index in [4.69, 9.17) is 5.11 Å². The summed E-state index contributed by atoms with van der Waals surface area (Å²) in [4.78, 5) is 18.0. The van der Waals surface area contributed by atoms with Gasteiger partial charge in [-0.2, -0.15) is 0 Å². The molecular formula is C4H8N2O5. The Balaban J connectivity index is 4.82. The zero-order chi connectivity index (χ0) is 9.23. The fraction of sp³-hybridized carbons (Fsp3) is 1.00. The normalized spacial score (nSPS) is 14.1. The van der Waals surface area contributed by atoms with E-state index in [0.29, 0.717) is 0 Å². The zero-order valence-electron chi connectivity index (χ0n) is 6.05. The molecule has 0 fully saturated rings. The molecule has 0 radical (unpaired) electrons. The van der Waals surface area contributed by atoms with Gasteiger partial charge in [0.05, 0.1) is 6.92 Å². The van der Waals surface area contributed by atoms with E-state index in [1.165, 1.54) is 0 Å². The Bertz CT molecular complexity index is 175. The predicted molar refractivity (Wildman–Crippen MR) is 34.1 cm³/mol. The summed E-state index contributed by atoms with van der Waals surface area (Å²) in [5, 5.41) is 28.9. The summed E-state index contributed by atoms with van der Waals surface area (Å²) in [6.07, 6.45) is -1.62. The van der Waals surface area contributed by atoms with Gasteiger partial charge >= 0.3 is 5.66 Å². The van der Waals surface area contributed by atoms with E-state index in [0.717, 1.165) is 13.8 Å². The highest BCUT2D eigenvalue weighted by Crippen LogP contribution is 2.14. The Morgan fingerprint density at radius 1 is 1.36 bits per heavy atom. The van der Waals surface area contributed by atoms with Gasteiger partial charge in [-0.25, -0.2) is 0 Å². The summed E-state index contributed by atoms with van der Waals surface area (Å²) in [7, 11) is 0. The third-order valence-electron chi connectivity index (χ3n) is 1.53. The van der Waals surface area contributed by atoms with Crippen LogP contribution in [0.1, 0.15) is 13.8 Å². The second kappa shape index (κ2) is 2.79. The summed E-state index contributed by atoms with van der Waals surface area (Å²) >= 11 is 0. The molecule has 64 valence electrons. The number of hydrogen-bond donors (Lipinski definition) is 1. The van der Waals surface area contributed by atoms with Crippen LogP contribution in [-0.2, 0) is 0 Å². The van der Waals surface area contributed by atoms with Crippen molar-refractivity contribution in [1.29, 1.82) is 0 Å². The van der Waals surface area contributed by atoms with Crippen molar-refractivity contribution in [2.24, 2.45) is 0 Å². The van der Waals surface area contributed by atoms with Gasteiger partial charge < -0.3 is 5.11 Å². The molecule has 7 nitrogen and oxygen atoms in total. The lowest BCUT2D eigenvalue weighted by molar-refractivity contribution is -0.801. The largest absolute Gasteiger partial charge is 0.480 e. The third kappa shape index (κ3) is 1.43. The first kappa shape index (κ1) is 9.76. The number of rotatable bonds is 3. The van der Waals surface area contributed by atoms with Gasteiger partial charge in [-0.05, 0) is 6.92 Å². The maximum atomic E-state index is 10.1. The molecule has 1 unspecified atom stereocenters. The summed E-state index contributed by atoms with van der Waals surface area (Å²) < 4.78 is 0. The molecule has 0 saturated carbocycles. The van der Waals surface area contributed by atoms with Gasteiger partial charge in [0, 0.05) is 0 Å². The van der Waals surface area contributed by atoms with Crippen LogP contribution >= 0.6 is 0 Å². The van der Waals surface area contributed by atoms with Crippen LogP contribution < -0.4 is 0 Å².